The maximum absolute atomic E-state index is 12.8. The molecule has 1 unspecified atom stereocenters. The zero-order valence-corrected chi connectivity index (χ0v) is 14.1. The van der Waals surface area contributed by atoms with E-state index in [1.807, 2.05) is 0 Å². The van der Waals surface area contributed by atoms with Gasteiger partial charge in [-0.15, -0.1) is 0 Å². The summed E-state index contributed by atoms with van der Waals surface area (Å²) in [6.45, 7) is 5.34. The largest absolute Gasteiger partial charge is 0.526 e. The van der Waals surface area contributed by atoms with Gasteiger partial charge in [0.2, 0.25) is 0 Å². The van der Waals surface area contributed by atoms with Crippen LogP contribution in [0.15, 0.2) is 24.4 Å². The molecule has 0 saturated heterocycles. The van der Waals surface area contributed by atoms with Crippen molar-refractivity contribution in [3.8, 4) is 0 Å². The molecule has 0 spiro atoms. The molecule has 0 aliphatic carbocycles. The van der Waals surface area contributed by atoms with Crippen LogP contribution in [0.3, 0.4) is 0 Å². The Balaban J connectivity index is 2.67. The maximum atomic E-state index is 12.8. The van der Waals surface area contributed by atoms with Gasteiger partial charge in [-0.1, -0.05) is 12.1 Å². The SMILES string of the molecule is CC(C)(C)OC(=O)[N+]1(C)C=C(C(=O)C(=O)O)c2cccc(CN)c21. The number of ether oxygens (including phenoxy) is 1. The second-order valence-electron chi connectivity index (χ2n) is 6.75. The molecule has 1 aromatic carbocycles. The summed E-state index contributed by atoms with van der Waals surface area (Å²) < 4.78 is 4.99. The highest BCUT2D eigenvalue weighted by Gasteiger charge is 2.48. The highest BCUT2D eigenvalue weighted by Crippen LogP contribution is 2.43. The van der Waals surface area contributed by atoms with Gasteiger partial charge >= 0.3 is 12.1 Å². The third kappa shape index (κ3) is 2.95. The monoisotopic (exact) mass is 333 g/mol. The quantitative estimate of drug-likeness (QED) is 0.647. The molecule has 1 aromatic rings. The third-order valence-corrected chi connectivity index (χ3v) is 3.69. The molecule has 1 aliphatic rings. The molecule has 24 heavy (non-hydrogen) atoms. The number of hydrogen-bond acceptors (Lipinski definition) is 5. The maximum Gasteiger partial charge on any atom is 0.526 e. The average molecular weight is 333 g/mol. The van der Waals surface area contributed by atoms with Gasteiger partial charge in [0.05, 0.1) is 18.2 Å². The number of nitrogens with zero attached hydrogens (tertiary/aromatic N) is 1. The van der Waals surface area contributed by atoms with Gasteiger partial charge in [-0.25, -0.2) is 4.79 Å². The van der Waals surface area contributed by atoms with Crippen LogP contribution in [0.1, 0.15) is 31.9 Å². The van der Waals surface area contributed by atoms with E-state index in [4.69, 9.17) is 15.6 Å². The van der Waals surface area contributed by atoms with Gasteiger partial charge in [-0.05, 0) is 26.8 Å². The van der Waals surface area contributed by atoms with Crippen LogP contribution >= 0.6 is 0 Å². The van der Waals surface area contributed by atoms with Crippen LogP contribution in [-0.4, -0.2) is 35.6 Å². The van der Waals surface area contributed by atoms with Crippen LogP contribution < -0.4 is 10.2 Å². The van der Waals surface area contributed by atoms with Crippen LogP contribution in [0.25, 0.3) is 5.57 Å². The summed E-state index contributed by atoms with van der Waals surface area (Å²) >= 11 is 0. The van der Waals surface area contributed by atoms with Crippen molar-refractivity contribution in [1.29, 1.82) is 0 Å². The number of carbonyl (C=O) groups is 3. The van der Waals surface area contributed by atoms with E-state index in [1.54, 1.807) is 46.0 Å². The van der Waals surface area contributed by atoms with Crippen molar-refractivity contribution < 1.29 is 24.2 Å². The Kier molecular flexibility index (Phi) is 4.34. The van der Waals surface area contributed by atoms with Crippen LogP contribution in [-0.2, 0) is 20.9 Å². The van der Waals surface area contributed by atoms with Crippen molar-refractivity contribution >= 4 is 29.1 Å². The first-order valence-corrected chi connectivity index (χ1v) is 7.44. The molecule has 1 aliphatic heterocycles. The molecule has 0 radical (unpaired) electrons. The molecular weight excluding hydrogens is 312 g/mol. The number of carboxylic acid groups (broad SMARTS) is 1. The number of benzene rings is 1. The molecule has 1 amide bonds. The van der Waals surface area contributed by atoms with E-state index in [9.17, 15) is 14.4 Å². The Morgan fingerprint density at radius 1 is 1.25 bits per heavy atom. The number of quaternary nitrogens is 1. The lowest BCUT2D eigenvalue weighted by Gasteiger charge is -2.28. The first-order valence-electron chi connectivity index (χ1n) is 7.44. The number of carboxylic acids is 1. The standard InChI is InChI=1S/C17H20N2O5/c1-17(2,3)24-16(23)19(4)9-12(14(20)15(21)22)11-7-5-6-10(8-18)13(11)19/h5-7,9H,8,18H2,1-4H3/p+1. The van der Waals surface area contributed by atoms with Gasteiger partial charge in [-0.2, -0.15) is 9.28 Å². The number of nitrogens with two attached hydrogens (primary N) is 1. The lowest BCUT2D eigenvalue weighted by atomic mass is 10.00. The van der Waals surface area contributed by atoms with Crippen LogP contribution in [0.5, 0.6) is 0 Å². The van der Waals surface area contributed by atoms with Gasteiger partial charge in [0.1, 0.15) is 11.8 Å². The average Bonchev–Trinajstić information content (AvgIpc) is 2.79. The molecule has 0 saturated carbocycles. The topological polar surface area (TPSA) is 107 Å². The van der Waals surface area contributed by atoms with E-state index in [1.165, 1.54) is 6.20 Å². The predicted molar refractivity (Wildman–Crippen MR) is 88.9 cm³/mol. The molecule has 7 nitrogen and oxygen atoms in total. The summed E-state index contributed by atoms with van der Waals surface area (Å²) in [7, 11) is 1.55. The summed E-state index contributed by atoms with van der Waals surface area (Å²) in [5.41, 5.74) is 6.50. The first kappa shape index (κ1) is 17.8. The zero-order chi connectivity index (χ0) is 18.3. The minimum absolute atomic E-state index is 0.0406. The highest BCUT2D eigenvalue weighted by atomic mass is 16.6. The number of carbonyl (C=O) groups excluding carboxylic acids is 2. The zero-order valence-electron chi connectivity index (χ0n) is 14.1. The molecular formula is C17H21N2O5+. The van der Waals surface area contributed by atoms with E-state index in [0.717, 1.165) is 0 Å². The van der Waals surface area contributed by atoms with Crippen molar-refractivity contribution in [2.75, 3.05) is 7.05 Å². The molecule has 7 heteroatoms. The van der Waals surface area contributed by atoms with E-state index in [2.05, 4.69) is 0 Å². The van der Waals surface area contributed by atoms with Crippen LogP contribution in [0.2, 0.25) is 0 Å². The van der Waals surface area contributed by atoms with Crippen LogP contribution in [0, 0.1) is 0 Å². The highest BCUT2D eigenvalue weighted by molar-refractivity contribution is 6.52. The molecule has 1 heterocycles. The Bertz CT molecular complexity index is 761. The number of amides is 1. The second kappa shape index (κ2) is 5.85. The van der Waals surface area contributed by atoms with Crippen molar-refractivity contribution in [3.05, 3.63) is 35.5 Å². The van der Waals surface area contributed by atoms with E-state index < -0.39 is 27.9 Å². The van der Waals surface area contributed by atoms with Crippen molar-refractivity contribution in [3.63, 3.8) is 0 Å². The number of ketones is 1. The number of para-hydroxylation sites is 1. The lowest BCUT2D eigenvalue weighted by molar-refractivity contribution is -0.146. The molecule has 128 valence electrons. The normalized spacial score (nSPS) is 19.5. The second-order valence-corrected chi connectivity index (χ2v) is 6.75. The number of hydrogen-bond donors (Lipinski definition) is 2. The molecule has 2 rings (SSSR count). The summed E-state index contributed by atoms with van der Waals surface area (Å²) in [6.07, 6.45) is 0.701. The molecule has 0 bridgehead atoms. The van der Waals surface area contributed by atoms with Crippen LogP contribution in [0.4, 0.5) is 10.5 Å². The van der Waals surface area contributed by atoms with Gasteiger partial charge < -0.3 is 15.6 Å². The van der Waals surface area contributed by atoms with Gasteiger partial charge in [0.15, 0.2) is 5.69 Å². The fraction of sp³-hybridized carbons (Fsp3) is 0.353. The van der Waals surface area contributed by atoms with Crippen molar-refractivity contribution in [1.82, 2.24) is 4.48 Å². The fourth-order valence-corrected chi connectivity index (χ4v) is 2.71. The Labute approximate surface area is 139 Å². The minimum atomic E-state index is -1.58. The summed E-state index contributed by atoms with van der Waals surface area (Å²) in [5.74, 6) is -2.65. The van der Waals surface area contributed by atoms with E-state index in [-0.39, 0.29) is 12.1 Å². The summed E-state index contributed by atoms with van der Waals surface area (Å²) in [6, 6.07) is 5.02. The molecule has 3 N–H and O–H groups in total. The third-order valence-electron chi connectivity index (χ3n) is 3.69. The lowest BCUT2D eigenvalue weighted by Crippen LogP contribution is -2.48. The van der Waals surface area contributed by atoms with Gasteiger partial charge in [0.25, 0.3) is 5.78 Å². The van der Waals surface area contributed by atoms with E-state index >= 15 is 0 Å². The molecule has 1 atom stereocenters. The Morgan fingerprint density at radius 2 is 1.88 bits per heavy atom. The van der Waals surface area contributed by atoms with Crippen molar-refractivity contribution in [2.45, 2.75) is 32.9 Å². The number of rotatable bonds is 3. The minimum Gasteiger partial charge on any atom is -0.475 e. The molecule has 0 aromatic heterocycles. The Hall–Kier alpha value is -2.51. The summed E-state index contributed by atoms with van der Waals surface area (Å²) in [5, 5.41) is 9.05. The van der Waals surface area contributed by atoms with Gasteiger partial charge in [0, 0.05) is 12.1 Å². The van der Waals surface area contributed by atoms with E-state index in [0.29, 0.717) is 16.8 Å². The number of fused-ring (bicyclic) bond motifs is 1. The smallest absolute Gasteiger partial charge is 0.475 e. The summed E-state index contributed by atoms with van der Waals surface area (Å²) in [4.78, 5) is 35.9. The molecule has 0 fully saturated rings. The predicted octanol–water partition coefficient (Wildman–Crippen LogP) is 2.03. The fourth-order valence-electron chi connectivity index (χ4n) is 2.71. The first-order chi connectivity index (χ1) is 11.0. The van der Waals surface area contributed by atoms with Gasteiger partial charge in [-0.3, -0.25) is 4.79 Å². The van der Waals surface area contributed by atoms with Crippen molar-refractivity contribution in [2.24, 2.45) is 5.73 Å². The number of Topliss-reactive ketones (excluding diaryl/α,β-unsaturated/α-hetero) is 1. The number of aliphatic carboxylic acids is 1. The Morgan fingerprint density at radius 3 is 2.38 bits per heavy atom.